The molecule has 0 atom stereocenters. The number of aryl methyl sites for hydroxylation is 1. The Hall–Kier alpha value is -1.75. The van der Waals surface area contributed by atoms with Gasteiger partial charge in [-0.2, -0.15) is 0 Å². The van der Waals surface area contributed by atoms with E-state index in [0.29, 0.717) is 23.9 Å². The molecule has 5 heteroatoms. The Morgan fingerprint density at radius 2 is 1.85 bits per heavy atom. The fourth-order valence-corrected chi connectivity index (χ4v) is 2.42. The van der Waals surface area contributed by atoms with Crippen molar-refractivity contribution < 1.29 is 14.2 Å². The quantitative estimate of drug-likeness (QED) is 0.833. The van der Waals surface area contributed by atoms with Gasteiger partial charge in [0, 0.05) is 6.20 Å². The summed E-state index contributed by atoms with van der Waals surface area (Å²) in [5, 5.41) is 0. The van der Waals surface area contributed by atoms with E-state index in [-0.39, 0.29) is 0 Å². The average molecular weight is 338 g/mol. The molecule has 2 aromatic rings. The third-order valence-electron chi connectivity index (χ3n) is 2.80. The third kappa shape index (κ3) is 3.22. The Labute approximate surface area is 126 Å². The second kappa shape index (κ2) is 6.61. The molecule has 0 saturated heterocycles. The maximum atomic E-state index is 5.77. The number of pyridine rings is 1. The molecule has 0 fully saturated rings. The first-order chi connectivity index (χ1) is 9.65. The van der Waals surface area contributed by atoms with E-state index in [9.17, 15) is 0 Å². The molecule has 1 aromatic carbocycles. The van der Waals surface area contributed by atoms with Crippen LogP contribution in [0.4, 0.5) is 0 Å². The van der Waals surface area contributed by atoms with Gasteiger partial charge < -0.3 is 14.2 Å². The Morgan fingerprint density at radius 3 is 2.50 bits per heavy atom. The van der Waals surface area contributed by atoms with E-state index >= 15 is 0 Å². The summed E-state index contributed by atoms with van der Waals surface area (Å²) in [7, 11) is 3.19. The van der Waals surface area contributed by atoms with Crippen molar-refractivity contribution in [3.63, 3.8) is 0 Å². The SMILES string of the molecule is COc1ccc(OCc2cc(C)ccn2)c(Br)c1OC. The standard InChI is InChI=1S/C15H16BrNO3/c1-10-6-7-17-11(8-10)9-20-12-4-5-13(18-2)15(19-3)14(12)16/h4-8H,9H2,1-3H3. The van der Waals surface area contributed by atoms with Crippen LogP contribution < -0.4 is 14.2 Å². The average Bonchev–Trinajstić information content (AvgIpc) is 2.45. The number of nitrogens with zero attached hydrogens (tertiary/aromatic N) is 1. The molecule has 0 radical (unpaired) electrons. The van der Waals surface area contributed by atoms with Crippen LogP contribution in [0.5, 0.6) is 17.2 Å². The van der Waals surface area contributed by atoms with Gasteiger partial charge in [-0.05, 0) is 52.7 Å². The minimum Gasteiger partial charge on any atom is -0.493 e. The van der Waals surface area contributed by atoms with E-state index in [1.54, 1.807) is 20.4 Å². The molecule has 0 aliphatic carbocycles. The maximum Gasteiger partial charge on any atom is 0.178 e. The molecule has 20 heavy (non-hydrogen) atoms. The predicted octanol–water partition coefficient (Wildman–Crippen LogP) is 3.75. The summed E-state index contributed by atoms with van der Waals surface area (Å²) in [4.78, 5) is 4.26. The minimum atomic E-state index is 0.399. The van der Waals surface area contributed by atoms with Gasteiger partial charge in [0.25, 0.3) is 0 Å². The number of aromatic nitrogens is 1. The second-order valence-corrected chi connectivity index (χ2v) is 5.02. The first kappa shape index (κ1) is 14.7. The molecule has 0 aliphatic heterocycles. The Bertz CT molecular complexity index is 602. The van der Waals surface area contributed by atoms with Gasteiger partial charge >= 0.3 is 0 Å². The molecular formula is C15H16BrNO3. The van der Waals surface area contributed by atoms with Gasteiger partial charge in [0.2, 0.25) is 0 Å². The summed E-state index contributed by atoms with van der Waals surface area (Å²) in [5.74, 6) is 1.95. The normalized spacial score (nSPS) is 10.2. The van der Waals surface area contributed by atoms with Crippen molar-refractivity contribution in [1.82, 2.24) is 4.98 Å². The van der Waals surface area contributed by atoms with Crippen molar-refractivity contribution in [1.29, 1.82) is 0 Å². The summed E-state index contributed by atoms with van der Waals surface area (Å²) in [6.45, 7) is 2.42. The summed E-state index contributed by atoms with van der Waals surface area (Å²) in [6.07, 6.45) is 1.78. The van der Waals surface area contributed by atoms with Crippen LogP contribution in [-0.2, 0) is 6.61 Å². The molecule has 0 amide bonds. The lowest BCUT2D eigenvalue weighted by Crippen LogP contribution is -2.00. The molecular weight excluding hydrogens is 322 g/mol. The van der Waals surface area contributed by atoms with Gasteiger partial charge in [-0.1, -0.05) is 0 Å². The Kier molecular flexibility index (Phi) is 4.84. The minimum absolute atomic E-state index is 0.399. The second-order valence-electron chi connectivity index (χ2n) is 4.23. The number of ether oxygens (including phenoxy) is 3. The lowest BCUT2D eigenvalue weighted by Gasteiger charge is -2.13. The molecule has 0 aliphatic rings. The molecule has 0 bridgehead atoms. The van der Waals surface area contributed by atoms with Crippen LogP contribution in [0.3, 0.4) is 0 Å². The number of hydrogen-bond donors (Lipinski definition) is 0. The summed E-state index contributed by atoms with van der Waals surface area (Å²) in [5.41, 5.74) is 2.04. The van der Waals surface area contributed by atoms with Crippen molar-refractivity contribution >= 4 is 15.9 Å². The molecule has 106 valence electrons. The van der Waals surface area contributed by atoms with Gasteiger partial charge in [-0.3, -0.25) is 4.98 Å². The topological polar surface area (TPSA) is 40.6 Å². The molecule has 0 unspecified atom stereocenters. The van der Waals surface area contributed by atoms with E-state index in [2.05, 4.69) is 20.9 Å². The van der Waals surface area contributed by atoms with Crippen molar-refractivity contribution in [2.75, 3.05) is 14.2 Å². The van der Waals surface area contributed by atoms with E-state index in [4.69, 9.17) is 14.2 Å². The van der Waals surface area contributed by atoms with E-state index < -0.39 is 0 Å². The molecule has 0 N–H and O–H groups in total. The fourth-order valence-electron chi connectivity index (χ4n) is 1.81. The molecule has 1 heterocycles. The highest BCUT2D eigenvalue weighted by atomic mass is 79.9. The van der Waals surface area contributed by atoms with Crippen LogP contribution in [0.2, 0.25) is 0 Å². The predicted molar refractivity (Wildman–Crippen MR) is 80.6 cm³/mol. The molecule has 4 nitrogen and oxygen atoms in total. The van der Waals surface area contributed by atoms with Crippen LogP contribution in [0.25, 0.3) is 0 Å². The van der Waals surface area contributed by atoms with Crippen molar-refractivity contribution in [3.05, 3.63) is 46.2 Å². The van der Waals surface area contributed by atoms with E-state index in [0.717, 1.165) is 15.7 Å². The first-order valence-corrected chi connectivity index (χ1v) is 6.89. The first-order valence-electron chi connectivity index (χ1n) is 6.10. The van der Waals surface area contributed by atoms with Crippen LogP contribution in [0.1, 0.15) is 11.3 Å². The number of rotatable bonds is 5. The van der Waals surface area contributed by atoms with Crippen molar-refractivity contribution in [3.8, 4) is 17.2 Å². The van der Waals surface area contributed by atoms with Crippen LogP contribution in [0, 0.1) is 6.92 Å². The van der Waals surface area contributed by atoms with Crippen LogP contribution >= 0.6 is 15.9 Å². The third-order valence-corrected chi connectivity index (χ3v) is 3.55. The lowest BCUT2D eigenvalue weighted by atomic mass is 10.2. The summed E-state index contributed by atoms with van der Waals surface area (Å²) in [6, 6.07) is 7.59. The Balaban J connectivity index is 2.18. The molecule has 2 rings (SSSR count). The van der Waals surface area contributed by atoms with Crippen molar-refractivity contribution in [2.45, 2.75) is 13.5 Å². The number of hydrogen-bond acceptors (Lipinski definition) is 4. The van der Waals surface area contributed by atoms with Crippen molar-refractivity contribution in [2.24, 2.45) is 0 Å². The van der Waals surface area contributed by atoms with Gasteiger partial charge in [-0.15, -0.1) is 0 Å². The lowest BCUT2D eigenvalue weighted by molar-refractivity contribution is 0.293. The zero-order valence-corrected chi connectivity index (χ0v) is 13.2. The summed E-state index contributed by atoms with van der Waals surface area (Å²) >= 11 is 3.47. The highest BCUT2D eigenvalue weighted by Crippen LogP contribution is 2.41. The smallest absolute Gasteiger partial charge is 0.178 e. The van der Waals surface area contributed by atoms with Gasteiger partial charge in [0.15, 0.2) is 11.5 Å². The van der Waals surface area contributed by atoms with Crippen LogP contribution in [0.15, 0.2) is 34.9 Å². The number of benzene rings is 1. The van der Waals surface area contributed by atoms with E-state index in [1.165, 1.54) is 0 Å². The fraction of sp³-hybridized carbons (Fsp3) is 0.267. The highest BCUT2D eigenvalue weighted by Gasteiger charge is 2.13. The Morgan fingerprint density at radius 1 is 1.10 bits per heavy atom. The molecule has 1 aromatic heterocycles. The highest BCUT2D eigenvalue weighted by molar-refractivity contribution is 9.10. The number of methoxy groups -OCH3 is 2. The largest absolute Gasteiger partial charge is 0.493 e. The monoisotopic (exact) mass is 337 g/mol. The zero-order valence-electron chi connectivity index (χ0n) is 11.6. The maximum absolute atomic E-state index is 5.77. The zero-order chi connectivity index (χ0) is 14.5. The summed E-state index contributed by atoms with van der Waals surface area (Å²) < 4.78 is 17.0. The molecule has 0 saturated carbocycles. The number of halogens is 1. The molecule has 0 spiro atoms. The van der Waals surface area contributed by atoms with Gasteiger partial charge in [0.05, 0.1) is 19.9 Å². The van der Waals surface area contributed by atoms with Gasteiger partial charge in [0.1, 0.15) is 16.8 Å². The van der Waals surface area contributed by atoms with E-state index in [1.807, 2.05) is 31.2 Å². The van der Waals surface area contributed by atoms with Crippen LogP contribution in [-0.4, -0.2) is 19.2 Å². The van der Waals surface area contributed by atoms with Gasteiger partial charge in [-0.25, -0.2) is 0 Å².